The van der Waals surface area contributed by atoms with Crippen LogP contribution in [0.15, 0.2) is 18.3 Å². The van der Waals surface area contributed by atoms with Gasteiger partial charge < -0.3 is 11.1 Å². The molecule has 0 fully saturated rings. The molecule has 0 radical (unpaired) electrons. The van der Waals surface area contributed by atoms with Gasteiger partial charge in [-0.2, -0.15) is 0 Å². The first kappa shape index (κ1) is 14.4. The summed E-state index contributed by atoms with van der Waals surface area (Å²) >= 11 is 5.09. The molecule has 0 spiro atoms. The van der Waals surface area contributed by atoms with E-state index in [-0.39, 0.29) is 5.96 Å². The number of hydrogen-bond donors (Lipinski definition) is 3. The van der Waals surface area contributed by atoms with E-state index < -0.39 is 0 Å². The Morgan fingerprint density at radius 2 is 2.33 bits per heavy atom. The third kappa shape index (κ3) is 3.96. The first-order chi connectivity index (χ1) is 8.56. The zero-order chi connectivity index (χ0) is 13.5. The maximum Gasteiger partial charge on any atom is 0.194 e. The first-order valence-corrected chi connectivity index (χ1v) is 6.21. The van der Waals surface area contributed by atoms with E-state index in [1.54, 1.807) is 18.1 Å². The van der Waals surface area contributed by atoms with Gasteiger partial charge in [-0.05, 0) is 43.6 Å². The largest absolute Gasteiger partial charge is 0.370 e. The van der Waals surface area contributed by atoms with E-state index in [9.17, 15) is 0 Å². The van der Waals surface area contributed by atoms with Gasteiger partial charge in [-0.25, -0.2) is 0 Å². The Balaban J connectivity index is 2.52. The molecule has 1 rings (SSSR count). The Labute approximate surface area is 113 Å². The van der Waals surface area contributed by atoms with E-state index >= 15 is 0 Å². The smallest absolute Gasteiger partial charge is 0.194 e. The molecule has 0 amide bonds. The van der Waals surface area contributed by atoms with Crippen molar-refractivity contribution in [1.29, 1.82) is 5.41 Å². The molecule has 0 saturated carbocycles. The minimum absolute atomic E-state index is 0.0351. The number of hydrogen-bond acceptors (Lipinski definition) is 3. The second-order valence-corrected chi connectivity index (χ2v) is 4.35. The number of thiocarbonyl (C=S) groups is 1. The third-order valence-electron chi connectivity index (χ3n) is 2.66. The summed E-state index contributed by atoms with van der Waals surface area (Å²) in [5.41, 5.74) is 7.75. The number of aryl methyl sites for hydroxylation is 2. The lowest BCUT2D eigenvalue weighted by Gasteiger charge is -2.22. The van der Waals surface area contributed by atoms with E-state index in [0.717, 1.165) is 18.5 Å². The molecular formula is C12H19N5S. The molecule has 0 aliphatic heterocycles. The van der Waals surface area contributed by atoms with Crippen LogP contribution in [0.1, 0.15) is 17.7 Å². The minimum Gasteiger partial charge on any atom is -0.370 e. The quantitative estimate of drug-likeness (QED) is 0.430. The van der Waals surface area contributed by atoms with Crippen molar-refractivity contribution in [2.75, 3.05) is 13.6 Å². The molecule has 6 heteroatoms. The van der Waals surface area contributed by atoms with Crippen molar-refractivity contribution < 1.29 is 0 Å². The van der Waals surface area contributed by atoms with E-state index in [1.165, 1.54) is 5.56 Å². The fourth-order valence-electron chi connectivity index (χ4n) is 1.65. The van der Waals surface area contributed by atoms with Crippen LogP contribution in [0.3, 0.4) is 0 Å². The highest BCUT2D eigenvalue weighted by Crippen LogP contribution is 2.06. The first-order valence-electron chi connectivity index (χ1n) is 5.80. The molecule has 1 aromatic rings. The summed E-state index contributed by atoms with van der Waals surface area (Å²) in [6.07, 6.45) is 3.49. The predicted octanol–water partition coefficient (Wildman–Crippen LogP) is 1.02. The minimum atomic E-state index is -0.0351. The van der Waals surface area contributed by atoms with Crippen molar-refractivity contribution in [1.82, 2.24) is 15.2 Å². The molecule has 0 aliphatic rings. The van der Waals surface area contributed by atoms with Crippen LogP contribution in [-0.2, 0) is 6.42 Å². The zero-order valence-electron chi connectivity index (χ0n) is 10.7. The average molecular weight is 265 g/mol. The van der Waals surface area contributed by atoms with Crippen molar-refractivity contribution in [2.45, 2.75) is 19.8 Å². The Bertz CT molecular complexity index is 432. The SMILES string of the molecule is CNC(=S)N(CCCc1ncccc1C)C(=N)N. The number of guanidine groups is 1. The van der Waals surface area contributed by atoms with Gasteiger partial charge in [0.15, 0.2) is 11.1 Å². The summed E-state index contributed by atoms with van der Waals surface area (Å²) in [5, 5.41) is 10.8. The highest BCUT2D eigenvalue weighted by atomic mass is 32.1. The van der Waals surface area contributed by atoms with Crippen LogP contribution < -0.4 is 11.1 Å². The Morgan fingerprint density at radius 3 is 2.89 bits per heavy atom. The van der Waals surface area contributed by atoms with E-state index in [4.69, 9.17) is 23.4 Å². The summed E-state index contributed by atoms with van der Waals surface area (Å²) in [5.74, 6) is -0.0351. The maximum absolute atomic E-state index is 7.47. The van der Waals surface area contributed by atoms with Gasteiger partial charge in [0.1, 0.15) is 0 Å². The van der Waals surface area contributed by atoms with Crippen LogP contribution in [0.25, 0.3) is 0 Å². The van der Waals surface area contributed by atoms with Gasteiger partial charge in [0, 0.05) is 25.5 Å². The van der Waals surface area contributed by atoms with Crippen LogP contribution in [0.5, 0.6) is 0 Å². The lowest BCUT2D eigenvalue weighted by atomic mass is 10.1. The van der Waals surface area contributed by atoms with Crippen LogP contribution >= 0.6 is 12.2 Å². The molecule has 0 unspecified atom stereocenters. The molecule has 1 aromatic heterocycles. The third-order valence-corrected chi connectivity index (χ3v) is 3.09. The lowest BCUT2D eigenvalue weighted by molar-refractivity contribution is 0.556. The number of aromatic nitrogens is 1. The molecule has 0 aliphatic carbocycles. The molecule has 4 N–H and O–H groups in total. The summed E-state index contributed by atoms with van der Waals surface area (Å²) in [4.78, 5) is 5.91. The van der Waals surface area contributed by atoms with Gasteiger partial charge in [-0.1, -0.05) is 6.07 Å². The summed E-state index contributed by atoms with van der Waals surface area (Å²) < 4.78 is 0. The number of nitrogens with two attached hydrogens (primary N) is 1. The predicted molar refractivity (Wildman–Crippen MR) is 77.6 cm³/mol. The van der Waals surface area contributed by atoms with Crippen LogP contribution in [0, 0.1) is 12.3 Å². The standard InChI is InChI=1S/C12H19N5S/c1-9-5-3-7-16-10(9)6-4-8-17(11(13)14)12(18)15-2/h3,5,7H,4,6,8H2,1-2H3,(H3,13,14)(H,15,18). The monoisotopic (exact) mass is 265 g/mol. The molecule has 0 saturated heterocycles. The molecule has 1 heterocycles. The maximum atomic E-state index is 7.47. The Kier molecular flexibility index (Phi) is 5.51. The number of pyridine rings is 1. The summed E-state index contributed by atoms with van der Waals surface area (Å²) in [6.45, 7) is 2.66. The topological polar surface area (TPSA) is 78.0 Å². The molecule has 98 valence electrons. The van der Waals surface area contributed by atoms with Gasteiger partial charge >= 0.3 is 0 Å². The van der Waals surface area contributed by atoms with Gasteiger partial charge in [0.2, 0.25) is 0 Å². The molecule has 18 heavy (non-hydrogen) atoms. The van der Waals surface area contributed by atoms with E-state index in [2.05, 4.69) is 10.3 Å². The van der Waals surface area contributed by atoms with Crippen molar-refractivity contribution in [3.8, 4) is 0 Å². The van der Waals surface area contributed by atoms with Crippen LogP contribution in [0.2, 0.25) is 0 Å². The Hall–Kier alpha value is -1.69. The Morgan fingerprint density at radius 1 is 1.61 bits per heavy atom. The molecule has 0 aromatic carbocycles. The fourth-order valence-corrected chi connectivity index (χ4v) is 1.84. The van der Waals surface area contributed by atoms with E-state index in [0.29, 0.717) is 11.7 Å². The fraction of sp³-hybridized carbons (Fsp3) is 0.417. The van der Waals surface area contributed by atoms with Crippen LogP contribution in [0.4, 0.5) is 0 Å². The van der Waals surface area contributed by atoms with Gasteiger partial charge in [0.05, 0.1) is 0 Å². The molecule has 0 bridgehead atoms. The number of nitrogens with zero attached hydrogens (tertiary/aromatic N) is 2. The van der Waals surface area contributed by atoms with Crippen molar-refractivity contribution >= 4 is 23.3 Å². The normalized spacial score (nSPS) is 9.89. The van der Waals surface area contributed by atoms with Crippen LogP contribution in [-0.4, -0.2) is 34.5 Å². The molecular weight excluding hydrogens is 246 g/mol. The van der Waals surface area contributed by atoms with Gasteiger partial charge in [-0.15, -0.1) is 0 Å². The average Bonchev–Trinajstić information content (AvgIpc) is 2.35. The molecule has 0 atom stereocenters. The van der Waals surface area contributed by atoms with E-state index in [1.807, 2.05) is 19.1 Å². The second-order valence-electron chi connectivity index (χ2n) is 3.96. The van der Waals surface area contributed by atoms with Crippen molar-refractivity contribution in [2.24, 2.45) is 5.73 Å². The van der Waals surface area contributed by atoms with Gasteiger partial charge in [-0.3, -0.25) is 15.3 Å². The highest BCUT2D eigenvalue weighted by molar-refractivity contribution is 7.80. The van der Waals surface area contributed by atoms with Gasteiger partial charge in [0.25, 0.3) is 0 Å². The zero-order valence-corrected chi connectivity index (χ0v) is 11.5. The number of nitrogens with one attached hydrogen (secondary N) is 2. The summed E-state index contributed by atoms with van der Waals surface area (Å²) in [7, 11) is 1.72. The second kappa shape index (κ2) is 6.90. The summed E-state index contributed by atoms with van der Waals surface area (Å²) in [6, 6.07) is 3.97. The van der Waals surface area contributed by atoms with Crippen molar-refractivity contribution in [3.05, 3.63) is 29.6 Å². The highest BCUT2D eigenvalue weighted by Gasteiger charge is 2.11. The lowest BCUT2D eigenvalue weighted by Crippen LogP contribution is -2.46. The molecule has 5 nitrogen and oxygen atoms in total. The van der Waals surface area contributed by atoms with Crippen molar-refractivity contribution in [3.63, 3.8) is 0 Å². The number of rotatable bonds is 4.